The van der Waals surface area contributed by atoms with Crippen LogP contribution in [-0.2, 0) is 21.2 Å². The molecule has 1 aromatic carbocycles. The van der Waals surface area contributed by atoms with Crippen LogP contribution >= 0.6 is 11.3 Å². The molecule has 0 bridgehead atoms. The summed E-state index contributed by atoms with van der Waals surface area (Å²) in [4.78, 5) is 13.1. The highest BCUT2D eigenvalue weighted by atomic mass is 32.2. The van der Waals surface area contributed by atoms with Crippen LogP contribution in [0.3, 0.4) is 0 Å². The third kappa shape index (κ3) is 4.97. The highest BCUT2D eigenvalue weighted by Gasteiger charge is 2.28. The molecule has 1 atom stereocenters. The average molecular weight is 407 g/mol. The number of nitrogens with zero attached hydrogens (tertiary/aromatic N) is 1. The number of rotatable bonds is 8. The first-order chi connectivity index (χ1) is 13.0. The highest BCUT2D eigenvalue weighted by Crippen LogP contribution is 2.27. The Hall–Kier alpha value is -1.70. The van der Waals surface area contributed by atoms with Gasteiger partial charge in [0.05, 0.1) is 6.42 Å². The van der Waals surface area contributed by atoms with E-state index in [2.05, 4.69) is 24.4 Å². The zero-order valence-electron chi connectivity index (χ0n) is 15.6. The van der Waals surface area contributed by atoms with Crippen molar-refractivity contribution < 1.29 is 13.2 Å². The van der Waals surface area contributed by atoms with Gasteiger partial charge in [-0.15, -0.1) is 11.3 Å². The standard InChI is InChI=1S/C20H26N2O3S2/c1-2-16(17-8-4-3-5-9-17)15-21-19(23)14-18-10-11-20(26-18)27(24,25)22-12-6-7-13-22/h3-5,8-11,16H,2,6-7,12-15H2,1H3,(H,21,23). The first kappa shape index (κ1) is 20.0. The molecule has 1 aliphatic heterocycles. The summed E-state index contributed by atoms with van der Waals surface area (Å²) < 4.78 is 27.0. The van der Waals surface area contributed by atoms with Crippen molar-refractivity contribution in [3.05, 3.63) is 52.9 Å². The monoisotopic (exact) mass is 406 g/mol. The van der Waals surface area contributed by atoms with Crippen LogP contribution in [-0.4, -0.2) is 38.3 Å². The van der Waals surface area contributed by atoms with Gasteiger partial charge in [0.15, 0.2) is 0 Å². The first-order valence-corrected chi connectivity index (χ1v) is 11.7. The minimum absolute atomic E-state index is 0.0728. The van der Waals surface area contributed by atoms with Crippen LogP contribution in [0.4, 0.5) is 0 Å². The lowest BCUT2D eigenvalue weighted by Crippen LogP contribution is -2.29. The van der Waals surface area contributed by atoms with E-state index in [4.69, 9.17) is 0 Å². The molecule has 5 nitrogen and oxygen atoms in total. The summed E-state index contributed by atoms with van der Waals surface area (Å²) in [5, 5.41) is 2.99. The van der Waals surface area contributed by atoms with Crippen molar-refractivity contribution in [1.82, 2.24) is 9.62 Å². The molecule has 3 rings (SSSR count). The second kappa shape index (κ2) is 8.99. The third-order valence-corrected chi connectivity index (χ3v) is 8.39. The summed E-state index contributed by atoms with van der Waals surface area (Å²) in [6.07, 6.45) is 2.99. The number of thiophene rings is 1. The topological polar surface area (TPSA) is 66.5 Å². The van der Waals surface area contributed by atoms with Gasteiger partial charge in [0.1, 0.15) is 4.21 Å². The smallest absolute Gasteiger partial charge is 0.252 e. The Morgan fingerprint density at radius 3 is 2.52 bits per heavy atom. The molecule has 1 N–H and O–H groups in total. The Bertz CT molecular complexity index is 856. The number of carbonyl (C=O) groups excluding carboxylic acids is 1. The van der Waals surface area contributed by atoms with Gasteiger partial charge in [-0.25, -0.2) is 8.42 Å². The zero-order chi connectivity index (χ0) is 19.3. The van der Waals surface area contributed by atoms with E-state index in [1.807, 2.05) is 18.2 Å². The molecule has 2 aromatic rings. The molecule has 1 amide bonds. The Balaban J connectivity index is 1.56. The minimum Gasteiger partial charge on any atom is -0.355 e. The lowest BCUT2D eigenvalue weighted by molar-refractivity contribution is -0.120. The quantitative estimate of drug-likeness (QED) is 0.731. The van der Waals surface area contributed by atoms with E-state index >= 15 is 0 Å². The van der Waals surface area contributed by atoms with Gasteiger partial charge < -0.3 is 5.32 Å². The molecular formula is C20H26N2O3S2. The third-order valence-electron chi connectivity index (χ3n) is 4.94. The molecule has 7 heteroatoms. The van der Waals surface area contributed by atoms with Gasteiger partial charge >= 0.3 is 0 Å². The van der Waals surface area contributed by atoms with E-state index in [0.29, 0.717) is 23.8 Å². The molecule has 27 heavy (non-hydrogen) atoms. The molecule has 1 saturated heterocycles. The van der Waals surface area contributed by atoms with Crippen LogP contribution in [0.2, 0.25) is 0 Å². The lowest BCUT2D eigenvalue weighted by atomic mass is 9.96. The first-order valence-electron chi connectivity index (χ1n) is 9.41. The number of benzene rings is 1. The van der Waals surface area contributed by atoms with Gasteiger partial charge in [-0.3, -0.25) is 4.79 Å². The molecule has 1 aliphatic rings. The van der Waals surface area contributed by atoms with Crippen LogP contribution < -0.4 is 5.32 Å². The van der Waals surface area contributed by atoms with Crippen molar-refractivity contribution in [2.24, 2.45) is 0 Å². The van der Waals surface area contributed by atoms with Gasteiger partial charge in [0.2, 0.25) is 5.91 Å². The number of hydrogen-bond donors (Lipinski definition) is 1. The molecule has 2 heterocycles. The molecule has 146 valence electrons. The van der Waals surface area contributed by atoms with Crippen LogP contribution in [0.25, 0.3) is 0 Å². The maximum Gasteiger partial charge on any atom is 0.252 e. The van der Waals surface area contributed by atoms with Gasteiger partial charge in [-0.1, -0.05) is 37.3 Å². The fourth-order valence-corrected chi connectivity index (χ4v) is 6.35. The molecule has 1 unspecified atom stereocenters. The summed E-state index contributed by atoms with van der Waals surface area (Å²) in [7, 11) is -3.40. The van der Waals surface area contributed by atoms with Gasteiger partial charge in [0.25, 0.3) is 10.0 Å². The van der Waals surface area contributed by atoms with E-state index in [0.717, 1.165) is 24.1 Å². The van der Waals surface area contributed by atoms with Crippen molar-refractivity contribution >= 4 is 27.3 Å². The van der Waals surface area contributed by atoms with Crippen molar-refractivity contribution in [2.45, 2.75) is 42.7 Å². The van der Waals surface area contributed by atoms with Crippen molar-refractivity contribution in [1.29, 1.82) is 0 Å². The Labute approximate surface area is 165 Å². The van der Waals surface area contributed by atoms with E-state index in [1.54, 1.807) is 12.1 Å². The molecule has 0 spiro atoms. The maximum absolute atomic E-state index is 12.6. The summed E-state index contributed by atoms with van der Waals surface area (Å²) in [6, 6.07) is 13.5. The lowest BCUT2D eigenvalue weighted by Gasteiger charge is -2.16. The predicted octanol–water partition coefficient (Wildman–Crippen LogP) is 3.39. The predicted molar refractivity (Wildman–Crippen MR) is 108 cm³/mol. The number of hydrogen-bond acceptors (Lipinski definition) is 4. The summed E-state index contributed by atoms with van der Waals surface area (Å²) in [5.41, 5.74) is 1.22. The average Bonchev–Trinajstić information content (AvgIpc) is 3.36. The summed E-state index contributed by atoms with van der Waals surface area (Å²) >= 11 is 1.20. The van der Waals surface area contributed by atoms with Crippen molar-refractivity contribution in [3.63, 3.8) is 0 Å². The molecule has 0 saturated carbocycles. The molecular weight excluding hydrogens is 380 g/mol. The molecule has 1 aromatic heterocycles. The summed E-state index contributed by atoms with van der Waals surface area (Å²) in [6.45, 7) is 3.88. The Kier molecular flexibility index (Phi) is 6.68. The fourth-order valence-electron chi connectivity index (χ4n) is 3.33. The van der Waals surface area contributed by atoms with E-state index in [1.165, 1.54) is 21.2 Å². The van der Waals surface area contributed by atoms with E-state index in [-0.39, 0.29) is 18.2 Å². The normalized spacial score (nSPS) is 16.3. The van der Waals surface area contributed by atoms with Crippen LogP contribution in [0, 0.1) is 0 Å². The number of carbonyl (C=O) groups is 1. The van der Waals surface area contributed by atoms with Crippen LogP contribution in [0.5, 0.6) is 0 Å². The van der Waals surface area contributed by atoms with Crippen LogP contribution in [0.1, 0.15) is 42.5 Å². The number of amides is 1. The van der Waals surface area contributed by atoms with Gasteiger partial charge in [0, 0.05) is 30.4 Å². The SMILES string of the molecule is CCC(CNC(=O)Cc1ccc(S(=O)(=O)N2CCCC2)s1)c1ccccc1. The molecule has 0 radical (unpaired) electrons. The number of nitrogens with one attached hydrogen (secondary N) is 1. The van der Waals surface area contributed by atoms with E-state index < -0.39 is 10.0 Å². The van der Waals surface area contributed by atoms with Crippen molar-refractivity contribution in [3.8, 4) is 0 Å². The number of sulfonamides is 1. The second-order valence-corrected chi connectivity index (χ2v) is 10.2. The van der Waals surface area contributed by atoms with Gasteiger partial charge in [-0.2, -0.15) is 4.31 Å². The highest BCUT2D eigenvalue weighted by molar-refractivity contribution is 7.91. The van der Waals surface area contributed by atoms with E-state index in [9.17, 15) is 13.2 Å². The summed E-state index contributed by atoms with van der Waals surface area (Å²) in [5.74, 6) is 0.209. The Morgan fingerprint density at radius 2 is 1.85 bits per heavy atom. The molecule has 1 fully saturated rings. The maximum atomic E-state index is 12.6. The Morgan fingerprint density at radius 1 is 1.15 bits per heavy atom. The van der Waals surface area contributed by atoms with Gasteiger partial charge in [-0.05, 0) is 37.0 Å². The van der Waals surface area contributed by atoms with Crippen LogP contribution in [0.15, 0.2) is 46.7 Å². The largest absolute Gasteiger partial charge is 0.355 e. The zero-order valence-corrected chi connectivity index (χ0v) is 17.2. The van der Waals surface area contributed by atoms with Crippen molar-refractivity contribution in [2.75, 3.05) is 19.6 Å². The second-order valence-electron chi connectivity index (χ2n) is 6.83. The fraction of sp³-hybridized carbons (Fsp3) is 0.450. The molecule has 0 aliphatic carbocycles. The minimum atomic E-state index is -3.40.